The minimum Gasteiger partial charge on any atom is -0.379 e. The van der Waals surface area contributed by atoms with Crippen molar-refractivity contribution in [1.82, 2.24) is 10.2 Å². The molecule has 1 heterocycles. The molecule has 0 atom stereocenters. The van der Waals surface area contributed by atoms with Gasteiger partial charge in [0, 0.05) is 19.6 Å². The monoisotopic (exact) mass is 355 g/mol. The van der Waals surface area contributed by atoms with E-state index in [0.29, 0.717) is 6.54 Å². The summed E-state index contributed by atoms with van der Waals surface area (Å²) in [5.41, 5.74) is 2.30. The van der Waals surface area contributed by atoms with E-state index in [0.717, 1.165) is 44.8 Å². The molecule has 0 radical (unpaired) electrons. The van der Waals surface area contributed by atoms with Gasteiger partial charge in [-0.1, -0.05) is 45.0 Å². The molecule has 140 valence electrons. The van der Waals surface area contributed by atoms with E-state index in [-0.39, 0.29) is 16.9 Å². The number of carbonyl (C=O) groups is 1. The summed E-state index contributed by atoms with van der Waals surface area (Å²) in [5.74, 6) is -0.311. The third kappa shape index (κ3) is 6.29. The summed E-state index contributed by atoms with van der Waals surface area (Å²) in [4.78, 5) is 14.5. The van der Waals surface area contributed by atoms with Crippen LogP contribution in [0.15, 0.2) is 29.8 Å². The number of benzene rings is 1. The average Bonchev–Trinajstić information content (AvgIpc) is 2.63. The standard InChI is InChI=1S/C21H29N3O2/c1-21(2,3)19-7-5-17(6-8-19)15-18(16-22)20(25)23-9-4-10-24-11-13-26-14-12-24/h5-8,15H,4,9-14H2,1-3H3,(H,23,25)/b18-15+. The smallest absolute Gasteiger partial charge is 0.261 e. The van der Waals surface area contributed by atoms with Crippen molar-refractivity contribution in [3.05, 3.63) is 41.0 Å². The number of rotatable bonds is 6. The van der Waals surface area contributed by atoms with Crippen molar-refractivity contribution in [2.75, 3.05) is 39.4 Å². The summed E-state index contributed by atoms with van der Waals surface area (Å²) in [6.07, 6.45) is 2.51. The second kappa shape index (κ2) is 9.51. The van der Waals surface area contributed by atoms with Crippen molar-refractivity contribution < 1.29 is 9.53 Å². The van der Waals surface area contributed by atoms with E-state index in [4.69, 9.17) is 4.74 Å². The highest BCUT2D eigenvalue weighted by molar-refractivity contribution is 6.01. The van der Waals surface area contributed by atoms with Gasteiger partial charge in [-0.15, -0.1) is 0 Å². The Balaban J connectivity index is 1.85. The first kappa shape index (κ1) is 20.2. The molecular weight excluding hydrogens is 326 g/mol. The predicted molar refractivity (Wildman–Crippen MR) is 104 cm³/mol. The molecule has 5 heteroatoms. The molecule has 1 amide bonds. The highest BCUT2D eigenvalue weighted by Gasteiger charge is 2.14. The quantitative estimate of drug-likeness (QED) is 0.484. The Morgan fingerprint density at radius 2 is 1.92 bits per heavy atom. The number of amides is 1. The number of nitriles is 1. The Hall–Kier alpha value is -2.16. The number of carbonyl (C=O) groups excluding carboxylic acids is 1. The van der Waals surface area contributed by atoms with Crippen LogP contribution in [-0.4, -0.2) is 50.2 Å². The fourth-order valence-corrected chi connectivity index (χ4v) is 2.82. The molecule has 1 aromatic carbocycles. The minimum absolute atomic E-state index is 0.0815. The second-order valence-corrected chi connectivity index (χ2v) is 7.61. The normalized spacial score (nSPS) is 16.2. The molecule has 5 nitrogen and oxygen atoms in total. The largest absolute Gasteiger partial charge is 0.379 e. The number of morpholine rings is 1. The summed E-state index contributed by atoms with van der Waals surface area (Å²) >= 11 is 0. The van der Waals surface area contributed by atoms with Gasteiger partial charge in [0.25, 0.3) is 5.91 Å². The van der Waals surface area contributed by atoms with Crippen LogP contribution >= 0.6 is 0 Å². The van der Waals surface area contributed by atoms with Crippen molar-refractivity contribution in [2.45, 2.75) is 32.6 Å². The molecule has 0 bridgehead atoms. The molecule has 1 N–H and O–H groups in total. The van der Waals surface area contributed by atoms with Gasteiger partial charge < -0.3 is 10.1 Å². The first-order valence-corrected chi connectivity index (χ1v) is 9.21. The van der Waals surface area contributed by atoms with Crippen LogP contribution in [0.2, 0.25) is 0 Å². The summed E-state index contributed by atoms with van der Waals surface area (Å²) in [7, 11) is 0. The third-order valence-electron chi connectivity index (χ3n) is 4.49. The Bertz CT molecular complexity index is 660. The van der Waals surface area contributed by atoms with Gasteiger partial charge in [-0.05, 0) is 35.6 Å². The molecule has 1 saturated heterocycles. The van der Waals surface area contributed by atoms with Crippen LogP contribution in [-0.2, 0) is 14.9 Å². The van der Waals surface area contributed by atoms with Crippen molar-refractivity contribution >= 4 is 12.0 Å². The molecule has 0 aliphatic carbocycles. The Kier molecular flexibility index (Phi) is 7.38. The average molecular weight is 355 g/mol. The van der Waals surface area contributed by atoms with Gasteiger partial charge in [-0.3, -0.25) is 9.69 Å². The van der Waals surface area contributed by atoms with Crippen LogP contribution in [0.4, 0.5) is 0 Å². The molecule has 0 unspecified atom stereocenters. The highest BCUT2D eigenvalue weighted by atomic mass is 16.5. The van der Waals surface area contributed by atoms with Crippen molar-refractivity contribution in [2.24, 2.45) is 0 Å². The van der Waals surface area contributed by atoms with Gasteiger partial charge in [0.05, 0.1) is 13.2 Å². The summed E-state index contributed by atoms with van der Waals surface area (Å²) < 4.78 is 5.32. The van der Waals surface area contributed by atoms with Crippen LogP contribution < -0.4 is 5.32 Å². The van der Waals surface area contributed by atoms with E-state index in [9.17, 15) is 10.1 Å². The zero-order valence-corrected chi connectivity index (χ0v) is 16.0. The van der Waals surface area contributed by atoms with Crippen LogP contribution in [0.1, 0.15) is 38.3 Å². The highest BCUT2D eigenvalue weighted by Crippen LogP contribution is 2.22. The van der Waals surface area contributed by atoms with Gasteiger partial charge in [0.15, 0.2) is 0 Å². The van der Waals surface area contributed by atoms with Crippen LogP contribution in [0.3, 0.4) is 0 Å². The zero-order valence-electron chi connectivity index (χ0n) is 16.0. The molecular formula is C21H29N3O2. The maximum atomic E-state index is 12.2. The number of nitrogens with one attached hydrogen (secondary N) is 1. The molecule has 1 aliphatic rings. The van der Waals surface area contributed by atoms with Gasteiger partial charge >= 0.3 is 0 Å². The molecule has 0 saturated carbocycles. The van der Waals surface area contributed by atoms with E-state index >= 15 is 0 Å². The van der Waals surface area contributed by atoms with Crippen molar-refractivity contribution in [3.63, 3.8) is 0 Å². The number of ether oxygens (including phenoxy) is 1. The van der Waals surface area contributed by atoms with Crippen molar-refractivity contribution in [1.29, 1.82) is 5.26 Å². The minimum atomic E-state index is -0.311. The SMILES string of the molecule is CC(C)(C)c1ccc(/C=C(\C#N)C(=O)NCCCN2CCOCC2)cc1. The fraction of sp³-hybridized carbons (Fsp3) is 0.524. The van der Waals surface area contributed by atoms with Gasteiger partial charge in [0.2, 0.25) is 0 Å². The summed E-state index contributed by atoms with van der Waals surface area (Å²) in [5, 5.41) is 12.1. The number of hydrogen-bond acceptors (Lipinski definition) is 4. The first-order valence-electron chi connectivity index (χ1n) is 9.21. The van der Waals surface area contributed by atoms with E-state index in [1.54, 1.807) is 6.08 Å². The molecule has 1 fully saturated rings. The lowest BCUT2D eigenvalue weighted by Crippen LogP contribution is -2.38. The lowest BCUT2D eigenvalue weighted by molar-refractivity contribution is -0.117. The van der Waals surface area contributed by atoms with E-state index in [1.807, 2.05) is 30.3 Å². The lowest BCUT2D eigenvalue weighted by Gasteiger charge is -2.26. The lowest BCUT2D eigenvalue weighted by atomic mass is 9.86. The molecule has 1 aromatic rings. The predicted octanol–water partition coefficient (Wildman–Crippen LogP) is 2.73. The van der Waals surface area contributed by atoms with Gasteiger partial charge in [-0.25, -0.2) is 0 Å². The second-order valence-electron chi connectivity index (χ2n) is 7.61. The first-order chi connectivity index (χ1) is 12.4. The van der Waals surface area contributed by atoms with Crippen LogP contribution in [0, 0.1) is 11.3 Å². The summed E-state index contributed by atoms with van der Waals surface area (Å²) in [6, 6.07) is 9.99. The molecule has 26 heavy (non-hydrogen) atoms. The summed E-state index contributed by atoms with van der Waals surface area (Å²) in [6.45, 7) is 11.4. The molecule has 0 aromatic heterocycles. The number of hydrogen-bond donors (Lipinski definition) is 1. The fourth-order valence-electron chi connectivity index (χ4n) is 2.82. The van der Waals surface area contributed by atoms with Crippen molar-refractivity contribution in [3.8, 4) is 6.07 Å². The zero-order chi connectivity index (χ0) is 19.0. The Morgan fingerprint density at radius 3 is 2.50 bits per heavy atom. The third-order valence-corrected chi connectivity index (χ3v) is 4.49. The maximum absolute atomic E-state index is 12.2. The molecule has 0 spiro atoms. The van der Waals surface area contributed by atoms with Gasteiger partial charge in [0.1, 0.15) is 11.6 Å². The topological polar surface area (TPSA) is 65.4 Å². The van der Waals surface area contributed by atoms with E-state index in [1.165, 1.54) is 5.56 Å². The van der Waals surface area contributed by atoms with E-state index in [2.05, 4.69) is 31.0 Å². The molecule has 1 aliphatic heterocycles. The number of nitrogens with zero attached hydrogens (tertiary/aromatic N) is 2. The van der Waals surface area contributed by atoms with Gasteiger partial charge in [-0.2, -0.15) is 5.26 Å². The van der Waals surface area contributed by atoms with Crippen LogP contribution in [0.5, 0.6) is 0 Å². The Morgan fingerprint density at radius 1 is 1.27 bits per heavy atom. The molecule has 2 rings (SSSR count). The van der Waals surface area contributed by atoms with E-state index < -0.39 is 0 Å². The Labute approximate surface area is 156 Å². The van der Waals surface area contributed by atoms with Crippen LogP contribution in [0.25, 0.3) is 6.08 Å². The maximum Gasteiger partial charge on any atom is 0.261 e.